The van der Waals surface area contributed by atoms with E-state index in [0.29, 0.717) is 0 Å². The Morgan fingerprint density at radius 2 is 2.17 bits per heavy atom. The molecule has 2 heteroatoms. The summed E-state index contributed by atoms with van der Waals surface area (Å²) in [6.45, 7) is 0. The van der Waals surface area contributed by atoms with Gasteiger partial charge in [0.1, 0.15) is 0 Å². The Bertz CT molecular complexity index is 202. The van der Waals surface area contributed by atoms with Gasteiger partial charge in [-0.2, -0.15) is 0 Å². The average molecular weight is 166 g/mol. The average Bonchev–Trinajstić information content (AvgIpc) is 2.16. The summed E-state index contributed by atoms with van der Waals surface area (Å²) in [4.78, 5) is 11.2. The van der Waals surface area contributed by atoms with E-state index in [1.807, 2.05) is 0 Å². The van der Waals surface area contributed by atoms with E-state index in [-0.39, 0.29) is 17.8 Å². The number of rotatable bonds is 1. The molecule has 0 aromatic heterocycles. The number of terminal acetylenes is 1. The van der Waals surface area contributed by atoms with Crippen molar-refractivity contribution in [3.05, 3.63) is 0 Å². The van der Waals surface area contributed by atoms with Gasteiger partial charge in [0.15, 0.2) is 0 Å². The molecule has 0 radical (unpaired) electrons. The normalized spacial score (nSPS) is 29.0. The van der Waals surface area contributed by atoms with Crippen LogP contribution in [0.2, 0.25) is 0 Å². The number of carbonyl (C=O) groups excluding carboxylic acids is 1. The molecule has 0 aromatic carbocycles. The van der Waals surface area contributed by atoms with E-state index in [4.69, 9.17) is 6.42 Å². The number of ether oxygens (including phenoxy) is 1. The van der Waals surface area contributed by atoms with E-state index >= 15 is 0 Å². The highest BCUT2D eigenvalue weighted by Gasteiger charge is 2.30. The first kappa shape index (κ1) is 9.12. The molecule has 2 nitrogen and oxygen atoms in total. The maximum Gasteiger partial charge on any atom is 0.309 e. The lowest BCUT2D eigenvalue weighted by Gasteiger charge is -2.25. The predicted molar refractivity (Wildman–Crippen MR) is 46.3 cm³/mol. The van der Waals surface area contributed by atoms with E-state index in [2.05, 4.69) is 10.7 Å². The first-order valence-electron chi connectivity index (χ1n) is 4.33. The Hall–Kier alpha value is -0.970. The molecule has 0 saturated heterocycles. The monoisotopic (exact) mass is 166 g/mol. The summed E-state index contributed by atoms with van der Waals surface area (Å²) in [5.41, 5.74) is 0. The highest BCUT2D eigenvalue weighted by atomic mass is 16.5. The third-order valence-electron chi connectivity index (χ3n) is 2.48. The van der Waals surface area contributed by atoms with Crippen LogP contribution in [0, 0.1) is 24.2 Å². The van der Waals surface area contributed by atoms with Crippen molar-refractivity contribution < 1.29 is 9.53 Å². The maximum atomic E-state index is 11.2. The Kier molecular flexibility index (Phi) is 3.16. The van der Waals surface area contributed by atoms with Gasteiger partial charge in [-0.1, -0.05) is 12.8 Å². The van der Waals surface area contributed by atoms with E-state index < -0.39 is 0 Å². The standard InChI is InChI=1S/C10H14O2/c1-3-8-6-4-5-7-9(8)10(11)12-2/h1,8-9H,4-7H2,2H3/t8-,9-/m1/s1. The minimum Gasteiger partial charge on any atom is -0.469 e. The first-order valence-corrected chi connectivity index (χ1v) is 4.33. The van der Waals surface area contributed by atoms with Gasteiger partial charge < -0.3 is 4.74 Å². The molecule has 1 fully saturated rings. The molecule has 66 valence electrons. The summed E-state index contributed by atoms with van der Waals surface area (Å²) in [5, 5.41) is 0. The zero-order valence-corrected chi connectivity index (χ0v) is 7.38. The fourth-order valence-electron chi connectivity index (χ4n) is 1.76. The van der Waals surface area contributed by atoms with Crippen molar-refractivity contribution in [1.29, 1.82) is 0 Å². The van der Waals surface area contributed by atoms with Gasteiger partial charge in [0, 0.05) is 5.92 Å². The smallest absolute Gasteiger partial charge is 0.309 e. The largest absolute Gasteiger partial charge is 0.469 e. The topological polar surface area (TPSA) is 26.3 Å². The molecule has 1 aliphatic carbocycles. The summed E-state index contributed by atoms with van der Waals surface area (Å²) in [6, 6.07) is 0. The second-order valence-electron chi connectivity index (χ2n) is 3.19. The van der Waals surface area contributed by atoms with E-state index in [1.165, 1.54) is 7.11 Å². The third-order valence-corrected chi connectivity index (χ3v) is 2.48. The lowest BCUT2D eigenvalue weighted by atomic mass is 9.80. The second kappa shape index (κ2) is 4.15. The van der Waals surface area contributed by atoms with Crippen LogP contribution in [-0.2, 0) is 9.53 Å². The molecule has 2 atom stereocenters. The van der Waals surface area contributed by atoms with Gasteiger partial charge in [-0.3, -0.25) is 4.79 Å². The van der Waals surface area contributed by atoms with Gasteiger partial charge in [0.25, 0.3) is 0 Å². The van der Waals surface area contributed by atoms with Crippen LogP contribution in [0.4, 0.5) is 0 Å². The fourth-order valence-corrected chi connectivity index (χ4v) is 1.76. The first-order chi connectivity index (χ1) is 5.79. The molecule has 0 unspecified atom stereocenters. The number of carbonyl (C=O) groups is 1. The maximum absolute atomic E-state index is 11.2. The molecule has 0 N–H and O–H groups in total. The van der Waals surface area contributed by atoms with Crippen LogP contribution < -0.4 is 0 Å². The number of methoxy groups -OCH3 is 1. The molecule has 1 saturated carbocycles. The molecule has 0 amide bonds. The summed E-state index contributed by atoms with van der Waals surface area (Å²) in [5.74, 6) is 2.58. The Labute approximate surface area is 73.3 Å². The van der Waals surface area contributed by atoms with E-state index in [1.54, 1.807) is 0 Å². The van der Waals surface area contributed by atoms with Gasteiger partial charge in [-0.25, -0.2) is 0 Å². The van der Waals surface area contributed by atoms with Crippen molar-refractivity contribution >= 4 is 5.97 Å². The van der Waals surface area contributed by atoms with Crippen molar-refractivity contribution in [1.82, 2.24) is 0 Å². The van der Waals surface area contributed by atoms with E-state index in [0.717, 1.165) is 25.7 Å². The van der Waals surface area contributed by atoms with Gasteiger partial charge in [-0.15, -0.1) is 12.3 Å². The quantitative estimate of drug-likeness (QED) is 0.437. The van der Waals surface area contributed by atoms with Crippen molar-refractivity contribution in [2.45, 2.75) is 25.7 Å². The van der Waals surface area contributed by atoms with Crippen molar-refractivity contribution in [3.8, 4) is 12.3 Å². The Morgan fingerprint density at radius 1 is 1.50 bits per heavy atom. The fraction of sp³-hybridized carbons (Fsp3) is 0.700. The minimum atomic E-state index is -0.141. The molecule has 0 bridgehead atoms. The molecule has 12 heavy (non-hydrogen) atoms. The zero-order valence-electron chi connectivity index (χ0n) is 7.38. The highest BCUT2D eigenvalue weighted by Crippen LogP contribution is 2.30. The van der Waals surface area contributed by atoms with Crippen LogP contribution >= 0.6 is 0 Å². The SMILES string of the molecule is C#C[C@@H]1CCCC[C@H]1C(=O)OC. The van der Waals surface area contributed by atoms with Crippen LogP contribution in [0.3, 0.4) is 0 Å². The van der Waals surface area contributed by atoms with Crippen molar-refractivity contribution in [3.63, 3.8) is 0 Å². The number of hydrogen-bond acceptors (Lipinski definition) is 2. The summed E-state index contributed by atoms with van der Waals surface area (Å²) >= 11 is 0. The minimum absolute atomic E-state index is 0.0475. The molecule has 0 aliphatic heterocycles. The van der Waals surface area contributed by atoms with E-state index in [9.17, 15) is 4.79 Å². The van der Waals surface area contributed by atoms with Gasteiger partial charge in [-0.05, 0) is 12.8 Å². The van der Waals surface area contributed by atoms with Crippen molar-refractivity contribution in [2.75, 3.05) is 7.11 Å². The predicted octanol–water partition coefficient (Wildman–Crippen LogP) is 1.60. The third kappa shape index (κ3) is 1.79. The summed E-state index contributed by atoms with van der Waals surface area (Å²) in [7, 11) is 1.42. The van der Waals surface area contributed by atoms with Crippen molar-refractivity contribution in [2.24, 2.45) is 11.8 Å². The second-order valence-corrected chi connectivity index (χ2v) is 3.19. The molecule has 0 heterocycles. The van der Waals surface area contributed by atoms with Gasteiger partial charge in [0.2, 0.25) is 0 Å². The lowest BCUT2D eigenvalue weighted by molar-refractivity contribution is -0.147. The molecule has 0 aromatic rings. The summed E-state index contributed by atoms with van der Waals surface area (Å²) < 4.78 is 4.69. The van der Waals surface area contributed by atoms with Gasteiger partial charge in [0.05, 0.1) is 13.0 Å². The zero-order chi connectivity index (χ0) is 8.97. The van der Waals surface area contributed by atoms with Crippen LogP contribution in [0.15, 0.2) is 0 Å². The summed E-state index contributed by atoms with van der Waals surface area (Å²) in [6.07, 6.45) is 9.42. The molecular formula is C10H14O2. The molecule has 1 rings (SSSR count). The Balaban J connectivity index is 2.60. The molecule has 0 spiro atoms. The van der Waals surface area contributed by atoms with Crippen LogP contribution in [0.5, 0.6) is 0 Å². The van der Waals surface area contributed by atoms with Crippen LogP contribution in [-0.4, -0.2) is 13.1 Å². The number of hydrogen-bond donors (Lipinski definition) is 0. The van der Waals surface area contributed by atoms with Crippen LogP contribution in [0.25, 0.3) is 0 Å². The highest BCUT2D eigenvalue weighted by molar-refractivity contribution is 5.73. The Morgan fingerprint density at radius 3 is 2.75 bits per heavy atom. The molecular weight excluding hydrogens is 152 g/mol. The molecule has 1 aliphatic rings. The lowest BCUT2D eigenvalue weighted by Crippen LogP contribution is -2.27. The number of esters is 1. The van der Waals surface area contributed by atoms with Crippen LogP contribution in [0.1, 0.15) is 25.7 Å². The van der Waals surface area contributed by atoms with Gasteiger partial charge >= 0.3 is 5.97 Å².